The molecule has 2 aliphatic heterocycles. The highest BCUT2D eigenvalue weighted by atomic mass is 35.5. The summed E-state index contributed by atoms with van der Waals surface area (Å²) in [6, 6.07) is 13.3. The van der Waals surface area contributed by atoms with E-state index in [1.54, 1.807) is 6.07 Å². The predicted molar refractivity (Wildman–Crippen MR) is 158 cm³/mol. The van der Waals surface area contributed by atoms with Gasteiger partial charge in [-0.1, -0.05) is 66.7 Å². The maximum absolute atomic E-state index is 12.5. The number of hydrogen-bond donors (Lipinski definition) is 0. The van der Waals surface area contributed by atoms with Crippen LogP contribution in [-0.2, 0) is 9.59 Å². The van der Waals surface area contributed by atoms with Crippen molar-refractivity contribution >= 4 is 34.8 Å². The third kappa shape index (κ3) is 6.66. The summed E-state index contributed by atoms with van der Waals surface area (Å²) in [5.74, 6) is 0.289. The van der Waals surface area contributed by atoms with Gasteiger partial charge in [0, 0.05) is 34.8 Å². The molecule has 2 fully saturated rings. The lowest BCUT2D eigenvalue weighted by atomic mass is 9.89. The molecule has 39 heavy (non-hydrogen) atoms. The minimum Gasteiger partial charge on any atom is -0.299 e. The second-order valence-corrected chi connectivity index (χ2v) is 11.1. The van der Waals surface area contributed by atoms with E-state index in [0.717, 1.165) is 22.7 Å². The molecule has 5 rings (SSSR count). The van der Waals surface area contributed by atoms with Crippen LogP contribution < -0.4 is 0 Å². The Balaban J connectivity index is 0.000000181. The fraction of sp³-hybridized carbons (Fsp3) is 0.364. The third-order valence-corrected chi connectivity index (χ3v) is 8.11. The predicted octanol–water partition coefficient (Wildman–Crippen LogP) is 6.76. The molecule has 2 heterocycles. The number of Topliss-reactive ketones (excluding diaryl/α,β-unsaturated/α-hetero) is 2. The largest absolute Gasteiger partial charge is 0.299 e. The highest BCUT2D eigenvalue weighted by Crippen LogP contribution is 2.37. The third-order valence-electron chi connectivity index (χ3n) is 7.86. The maximum Gasteiger partial charge on any atom is 0.259 e. The highest BCUT2D eigenvalue weighted by molar-refractivity contribution is 6.30. The van der Waals surface area contributed by atoms with Crippen LogP contribution in [0.1, 0.15) is 72.0 Å². The number of aryl methyl sites for hydroxylation is 1. The van der Waals surface area contributed by atoms with Crippen molar-refractivity contribution in [3.63, 3.8) is 0 Å². The van der Waals surface area contributed by atoms with Crippen LogP contribution in [0.5, 0.6) is 0 Å². The van der Waals surface area contributed by atoms with Gasteiger partial charge in [0.25, 0.3) is 5.91 Å². The van der Waals surface area contributed by atoms with E-state index in [4.69, 9.17) is 11.6 Å². The Bertz CT molecular complexity index is 1300. The molecule has 0 radical (unpaired) electrons. The highest BCUT2D eigenvalue weighted by Gasteiger charge is 2.41. The number of hydrogen-bond acceptors (Lipinski definition) is 4. The smallest absolute Gasteiger partial charge is 0.259 e. The summed E-state index contributed by atoms with van der Waals surface area (Å²) in [6.07, 6.45) is 7.13. The summed E-state index contributed by atoms with van der Waals surface area (Å²) in [5, 5.41) is 0.825. The lowest BCUT2D eigenvalue weighted by molar-refractivity contribution is -0.132. The summed E-state index contributed by atoms with van der Waals surface area (Å²) in [7, 11) is 0. The zero-order chi connectivity index (χ0) is 28.1. The molecule has 1 unspecified atom stereocenters. The topological polar surface area (TPSA) is 57.7 Å². The number of nitrogens with zero attached hydrogens (tertiary/aromatic N) is 2. The maximum atomic E-state index is 12.5. The number of rotatable bonds is 5. The van der Waals surface area contributed by atoms with E-state index in [9.17, 15) is 14.4 Å². The lowest BCUT2D eigenvalue weighted by Crippen LogP contribution is -2.44. The van der Waals surface area contributed by atoms with Gasteiger partial charge in [-0.25, -0.2) is 0 Å². The molecule has 1 aliphatic carbocycles. The van der Waals surface area contributed by atoms with Crippen molar-refractivity contribution in [2.45, 2.75) is 57.9 Å². The lowest BCUT2D eigenvalue weighted by Gasteiger charge is -2.32. The molecule has 2 aromatic rings. The van der Waals surface area contributed by atoms with Crippen molar-refractivity contribution in [3.05, 3.63) is 101 Å². The van der Waals surface area contributed by atoms with Gasteiger partial charge in [0.15, 0.2) is 5.78 Å². The monoisotopic (exact) mass is 544 g/mol. The minimum atomic E-state index is -0.542. The van der Waals surface area contributed by atoms with E-state index in [0.29, 0.717) is 30.0 Å². The van der Waals surface area contributed by atoms with Crippen LogP contribution >= 0.6 is 11.6 Å². The van der Waals surface area contributed by atoms with Crippen LogP contribution in [0.2, 0.25) is 5.02 Å². The van der Waals surface area contributed by atoms with Crippen molar-refractivity contribution < 1.29 is 14.4 Å². The Morgan fingerprint density at radius 2 is 1.74 bits per heavy atom. The number of amides is 1. The van der Waals surface area contributed by atoms with Crippen LogP contribution in [0.3, 0.4) is 0 Å². The van der Waals surface area contributed by atoms with Gasteiger partial charge in [0.05, 0.1) is 12.5 Å². The summed E-state index contributed by atoms with van der Waals surface area (Å²) < 4.78 is 0. The molecule has 1 saturated heterocycles. The first-order chi connectivity index (χ1) is 18.7. The van der Waals surface area contributed by atoms with Crippen LogP contribution in [0.4, 0.5) is 0 Å². The van der Waals surface area contributed by atoms with Gasteiger partial charge in [-0.15, -0.1) is 0 Å². The molecular formula is C33H37ClN2O3. The number of halogens is 1. The zero-order valence-electron chi connectivity index (χ0n) is 22.9. The first kappa shape index (κ1) is 28.7. The van der Waals surface area contributed by atoms with Gasteiger partial charge in [-0.2, -0.15) is 0 Å². The molecular weight excluding hydrogens is 508 g/mol. The first-order valence-corrected chi connectivity index (χ1v) is 14.0. The van der Waals surface area contributed by atoms with Crippen molar-refractivity contribution in [2.75, 3.05) is 19.6 Å². The van der Waals surface area contributed by atoms with Crippen LogP contribution in [0.25, 0.3) is 5.70 Å². The Hall–Kier alpha value is -3.28. The van der Waals surface area contributed by atoms with E-state index >= 15 is 0 Å². The van der Waals surface area contributed by atoms with Gasteiger partial charge in [0.1, 0.15) is 5.78 Å². The fourth-order valence-corrected chi connectivity index (χ4v) is 5.96. The summed E-state index contributed by atoms with van der Waals surface area (Å²) in [5.41, 5.74) is 5.79. The van der Waals surface area contributed by atoms with Gasteiger partial charge in [-0.3, -0.25) is 24.2 Å². The fourth-order valence-electron chi connectivity index (χ4n) is 5.83. The van der Waals surface area contributed by atoms with Gasteiger partial charge in [0.2, 0.25) is 0 Å². The van der Waals surface area contributed by atoms with Crippen LogP contribution in [-0.4, -0.2) is 52.9 Å². The molecule has 2 aromatic carbocycles. The molecule has 1 saturated carbocycles. The van der Waals surface area contributed by atoms with Gasteiger partial charge >= 0.3 is 0 Å². The number of likely N-dealkylation sites (tertiary alicyclic amines) is 1. The molecule has 1 amide bonds. The molecule has 0 aromatic heterocycles. The normalized spacial score (nSPS) is 20.5. The standard InChI is InChI=1S/C17H22ClN.C16H15NO3/c1-3-4-14(2)13-19-11-9-16(10-12-19)15-5-7-17(18)8-6-15;1-9-4-3-5-12-15(9)10(2)17(16(12)20)13-7-6-11(18)8-14(13)19/h3-8,16H,1,9-13H2,2H3;3-5,13H,2,6-8H2,1H3/b14-4+;. The number of carbonyl (C=O) groups is 3. The molecule has 3 aliphatic rings. The van der Waals surface area contributed by atoms with E-state index in [2.05, 4.69) is 43.2 Å². The SMILES string of the molecule is C=C/C=C(\C)CN1CCC(c2ccc(Cl)cc2)CC1.C=C1c2c(C)cccc2C(=O)N1C1CCC(=O)CC1=O. The summed E-state index contributed by atoms with van der Waals surface area (Å²) in [4.78, 5) is 39.9. The molecule has 0 spiro atoms. The zero-order valence-corrected chi connectivity index (χ0v) is 23.7. The number of fused-ring (bicyclic) bond motifs is 1. The Labute approximate surface area is 236 Å². The number of benzene rings is 2. The Morgan fingerprint density at radius 1 is 1.05 bits per heavy atom. The average Bonchev–Trinajstić information content (AvgIpc) is 3.16. The van der Waals surface area contributed by atoms with E-state index < -0.39 is 6.04 Å². The molecule has 6 heteroatoms. The quantitative estimate of drug-likeness (QED) is 0.308. The van der Waals surface area contributed by atoms with Gasteiger partial charge in [-0.05, 0) is 81.4 Å². The molecule has 1 atom stereocenters. The Morgan fingerprint density at radius 3 is 2.36 bits per heavy atom. The molecule has 204 valence electrons. The van der Waals surface area contributed by atoms with E-state index in [1.807, 2.05) is 37.3 Å². The van der Waals surface area contributed by atoms with E-state index in [-0.39, 0.29) is 23.9 Å². The van der Waals surface area contributed by atoms with E-state index in [1.165, 1.54) is 42.0 Å². The second kappa shape index (κ2) is 12.7. The first-order valence-electron chi connectivity index (χ1n) is 13.6. The molecule has 5 nitrogen and oxygen atoms in total. The Kier molecular flexibility index (Phi) is 9.36. The number of piperidine rings is 1. The summed E-state index contributed by atoms with van der Waals surface area (Å²) in [6.45, 7) is 15.3. The molecule has 0 N–H and O–H groups in total. The average molecular weight is 545 g/mol. The van der Waals surface area contributed by atoms with Crippen molar-refractivity contribution in [1.29, 1.82) is 0 Å². The minimum absolute atomic E-state index is 0.0443. The van der Waals surface area contributed by atoms with Crippen molar-refractivity contribution in [1.82, 2.24) is 9.80 Å². The van der Waals surface area contributed by atoms with Crippen LogP contribution in [0, 0.1) is 6.92 Å². The summed E-state index contributed by atoms with van der Waals surface area (Å²) >= 11 is 5.94. The molecule has 0 bridgehead atoms. The van der Waals surface area contributed by atoms with Gasteiger partial charge < -0.3 is 0 Å². The number of ketones is 2. The number of allylic oxidation sites excluding steroid dienone is 2. The second-order valence-electron chi connectivity index (χ2n) is 10.7. The number of carbonyl (C=O) groups excluding carboxylic acids is 3. The van der Waals surface area contributed by atoms with Crippen molar-refractivity contribution in [3.8, 4) is 0 Å². The van der Waals surface area contributed by atoms with Crippen molar-refractivity contribution in [2.24, 2.45) is 0 Å². The van der Waals surface area contributed by atoms with Crippen LogP contribution in [0.15, 0.2) is 73.3 Å².